The van der Waals surface area contributed by atoms with Crippen LogP contribution in [0.3, 0.4) is 0 Å². The lowest BCUT2D eigenvalue weighted by atomic mass is 10.2. The molecule has 0 aliphatic heterocycles. The van der Waals surface area contributed by atoms with E-state index in [1.807, 2.05) is 18.2 Å². The third-order valence-corrected chi connectivity index (χ3v) is 2.89. The molecule has 1 aromatic carbocycles. The Bertz CT molecular complexity index is 757. The molecular formula is C13H9ClN6O. The Morgan fingerprint density at radius 1 is 1.14 bits per heavy atom. The maximum Gasteiger partial charge on any atom is 0.276 e. The second kappa shape index (κ2) is 5.68. The highest BCUT2D eigenvalue weighted by atomic mass is 35.5. The molecular weight excluding hydrogens is 292 g/mol. The largest absolute Gasteiger partial charge is 0.319 e. The Kier molecular flexibility index (Phi) is 3.57. The van der Waals surface area contributed by atoms with Gasteiger partial charge in [0, 0.05) is 0 Å². The first-order chi connectivity index (χ1) is 10.2. The molecule has 2 heterocycles. The molecule has 104 valence electrons. The van der Waals surface area contributed by atoms with Crippen LogP contribution in [-0.4, -0.2) is 31.1 Å². The lowest BCUT2D eigenvalue weighted by Crippen LogP contribution is -2.16. The lowest BCUT2D eigenvalue weighted by molar-refractivity contribution is 0.102. The van der Waals surface area contributed by atoms with Gasteiger partial charge in [-0.2, -0.15) is 0 Å². The number of nitrogens with one attached hydrogen (secondary N) is 1. The molecule has 8 heteroatoms. The molecule has 3 aromatic rings. The van der Waals surface area contributed by atoms with E-state index in [1.165, 1.54) is 12.1 Å². The van der Waals surface area contributed by atoms with E-state index in [0.717, 1.165) is 0 Å². The highest BCUT2D eigenvalue weighted by molar-refractivity contribution is 6.29. The monoisotopic (exact) mass is 300 g/mol. The summed E-state index contributed by atoms with van der Waals surface area (Å²) in [7, 11) is 0. The molecule has 0 spiro atoms. The molecule has 0 aliphatic carbocycles. The zero-order valence-corrected chi connectivity index (χ0v) is 11.4. The molecule has 0 saturated carbocycles. The highest BCUT2D eigenvalue weighted by Crippen LogP contribution is 2.19. The summed E-state index contributed by atoms with van der Waals surface area (Å²) in [5, 5.41) is 18.0. The number of benzene rings is 1. The molecule has 3 rings (SSSR count). The molecule has 1 N–H and O–H groups in total. The van der Waals surface area contributed by atoms with E-state index in [1.54, 1.807) is 23.1 Å². The average Bonchev–Trinajstić information content (AvgIpc) is 3.02. The highest BCUT2D eigenvalue weighted by Gasteiger charge is 2.12. The minimum absolute atomic E-state index is 0.174. The van der Waals surface area contributed by atoms with Gasteiger partial charge in [0.05, 0.1) is 23.8 Å². The van der Waals surface area contributed by atoms with Gasteiger partial charge in [-0.3, -0.25) is 4.79 Å². The number of halogens is 1. The van der Waals surface area contributed by atoms with Crippen LogP contribution in [0, 0.1) is 0 Å². The molecule has 1 amide bonds. The SMILES string of the molecule is O=C(Nc1ccccc1-n1ccnn1)c1ccc(Cl)nn1. The number of nitrogens with zero attached hydrogens (tertiary/aromatic N) is 5. The van der Waals surface area contributed by atoms with E-state index in [0.29, 0.717) is 11.4 Å². The first kappa shape index (κ1) is 13.2. The van der Waals surface area contributed by atoms with E-state index >= 15 is 0 Å². The topological polar surface area (TPSA) is 85.6 Å². The van der Waals surface area contributed by atoms with Crippen molar-refractivity contribution < 1.29 is 4.79 Å². The van der Waals surface area contributed by atoms with Crippen molar-refractivity contribution in [1.82, 2.24) is 25.2 Å². The zero-order valence-electron chi connectivity index (χ0n) is 10.6. The van der Waals surface area contributed by atoms with Crippen molar-refractivity contribution >= 4 is 23.2 Å². The molecule has 0 bridgehead atoms. The molecule has 0 fully saturated rings. The second-order valence-corrected chi connectivity index (χ2v) is 4.45. The normalized spacial score (nSPS) is 10.3. The van der Waals surface area contributed by atoms with Gasteiger partial charge in [-0.25, -0.2) is 4.68 Å². The minimum atomic E-state index is -0.383. The Morgan fingerprint density at radius 2 is 2.00 bits per heavy atom. The van der Waals surface area contributed by atoms with Crippen LogP contribution in [-0.2, 0) is 0 Å². The smallest absolute Gasteiger partial charge is 0.276 e. The molecule has 7 nitrogen and oxygen atoms in total. The van der Waals surface area contributed by atoms with Gasteiger partial charge in [-0.1, -0.05) is 28.9 Å². The van der Waals surface area contributed by atoms with Gasteiger partial charge in [0.15, 0.2) is 10.8 Å². The van der Waals surface area contributed by atoms with Crippen LogP contribution in [0.1, 0.15) is 10.5 Å². The number of para-hydroxylation sites is 2. The van der Waals surface area contributed by atoms with E-state index in [4.69, 9.17) is 11.6 Å². The molecule has 0 atom stereocenters. The number of carbonyl (C=O) groups is 1. The van der Waals surface area contributed by atoms with E-state index in [2.05, 4.69) is 25.8 Å². The van der Waals surface area contributed by atoms with E-state index in [-0.39, 0.29) is 16.8 Å². The zero-order chi connectivity index (χ0) is 14.7. The first-order valence-electron chi connectivity index (χ1n) is 6.00. The third kappa shape index (κ3) is 2.87. The van der Waals surface area contributed by atoms with Crippen molar-refractivity contribution in [2.45, 2.75) is 0 Å². The summed E-state index contributed by atoms with van der Waals surface area (Å²) >= 11 is 5.65. The average molecular weight is 301 g/mol. The number of amides is 1. The number of anilines is 1. The van der Waals surface area contributed by atoms with E-state index in [9.17, 15) is 4.79 Å². The Morgan fingerprint density at radius 3 is 2.71 bits per heavy atom. The third-order valence-electron chi connectivity index (χ3n) is 2.69. The molecule has 2 aromatic heterocycles. The van der Waals surface area contributed by atoms with Gasteiger partial charge in [0.1, 0.15) is 0 Å². The van der Waals surface area contributed by atoms with Crippen LogP contribution < -0.4 is 5.32 Å². The Labute approximate surface area is 124 Å². The molecule has 21 heavy (non-hydrogen) atoms. The summed E-state index contributed by atoms with van der Waals surface area (Å²) in [6, 6.07) is 10.2. The fourth-order valence-corrected chi connectivity index (χ4v) is 1.84. The summed E-state index contributed by atoms with van der Waals surface area (Å²) in [4.78, 5) is 12.1. The quantitative estimate of drug-likeness (QED) is 0.799. The molecule has 0 aliphatic rings. The molecule has 0 saturated heterocycles. The number of rotatable bonds is 3. The number of aromatic nitrogens is 5. The first-order valence-corrected chi connectivity index (χ1v) is 6.38. The van der Waals surface area contributed by atoms with Gasteiger partial charge in [-0.15, -0.1) is 15.3 Å². The number of carbonyl (C=O) groups excluding carboxylic acids is 1. The van der Waals surface area contributed by atoms with Gasteiger partial charge >= 0.3 is 0 Å². The minimum Gasteiger partial charge on any atom is -0.319 e. The van der Waals surface area contributed by atoms with Crippen LogP contribution in [0.2, 0.25) is 5.15 Å². The second-order valence-electron chi connectivity index (χ2n) is 4.06. The summed E-state index contributed by atoms with van der Waals surface area (Å²) in [6.07, 6.45) is 3.25. The van der Waals surface area contributed by atoms with Crippen molar-refractivity contribution in [1.29, 1.82) is 0 Å². The summed E-state index contributed by atoms with van der Waals surface area (Å²) in [5.74, 6) is -0.383. The van der Waals surface area contributed by atoms with Crippen LogP contribution in [0.4, 0.5) is 5.69 Å². The van der Waals surface area contributed by atoms with Crippen molar-refractivity contribution in [3.63, 3.8) is 0 Å². The summed E-state index contributed by atoms with van der Waals surface area (Å²) < 4.78 is 1.56. The Balaban J connectivity index is 1.88. The Hall–Kier alpha value is -2.80. The van der Waals surface area contributed by atoms with Crippen LogP contribution in [0.25, 0.3) is 5.69 Å². The molecule has 0 unspecified atom stereocenters. The molecule has 0 radical (unpaired) electrons. The van der Waals surface area contributed by atoms with E-state index < -0.39 is 0 Å². The van der Waals surface area contributed by atoms with Gasteiger partial charge in [0.2, 0.25) is 0 Å². The lowest BCUT2D eigenvalue weighted by Gasteiger charge is -2.09. The van der Waals surface area contributed by atoms with Crippen LogP contribution in [0.5, 0.6) is 0 Å². The summed E-state index contributed by atoms with van der Waals surface area (Å²) in [5.41, 5.74) is 1.46. The predicted octanol–water partition coefficient (Wildman–Crippen LogP) is 1.96. The maximum absolute atomic E-state index is 12.1. The number of hydrogen-bond acceptors (Lipinski definition) is 5. The van der Waals surface area contributed by atoms with Crippen molar-refractivity contribution in [3.8, 4) is 5.69 Å². The van der Waals surface area contributed by atoms with Gasteiger partial charge in [0.25, 0.3) is 5.91 Å². The maximum atomic E-state index is 12.1. The fraction of sp³-hybridized carbons (Fsp3) is 0. The van der Waals surface area contributed by atoms with Gasteiger partial charge < -0.3 is 5.32 Å². The summed E-state index contributed by atoms with van der Waals surface area (Å²) in [6.45, 7) is 0. The van der Waals surface area contributed by atoms with Crippen LogP contribution in [0.15, 0.2) is 48.8 Å². The van der Waals surface area contributed by atoms with Crippen molar-refractivity contribution in [2.75, 3.05) is 5.32 Å². The predicted molar refractivity (Wildman–Crippen MR) is 76.4 cm³/mol. The van der Waals surface area contributed by atoms with Crippen molar-refractivity contribution in [3.05, 3.63) is 59.6 Å². The number of hydrogen-bond donors (Lipinski definition) is 1. The van der Waals surface area contributed by atoms with Gasteiger partial charge in [-0.05, 0) is 24.3 Å². The van der Waals surface area contributed by atoms with Crippen molar-refractivity contribution in [2.24, 2.45) is 0 Å². The fourth-order valence-electron chi connectivity index (χ4n) is 1.74. The standard InChI is InChI=1S/C13H9ClN6O/c14-12-6-5-10(17-18-12)13(21)16-9-3-1-2-4-11(9)20-8-7-15-19-20/h1-8H,(H,16,21). The van der Waals surface area contributed by atoms with Crippen LogP contribution >= 0.6 is 11.6 Å².